The zero-order chi connectivity index (χ0) is 80.2. The number of hydrogen-bond acceptors (Lipinski definition) is 14. The van der Waals surface area contributed by atoms with Crippen LogP contribution < -0.4 is 0 Å². The lowest BCUT2D eigenvalue weighted by atomic mass is 10.0. The summed E-state index contributed by atoms with van der Waals surface area (Å²) in [6, 6.07) is 134. The fourth-order valence-corrected chi connectivity index (χ4v) is 14.4. The van der Waals surface area contributed by atoms with Gasteiger partial charge in [0.25, 0.3) is 0 Å². The summed E-state index contributed by atoms with van der Waals surface area (Å²) in [5.74, 6) is 2.34. The monoisotopic (exact) mass is 1540 g/mol. The molecule has 0 saturated heterocycles. The molecule has 0 N–H and O–H groups in total. The first-order chi connectivity index (χ1) is 59.4. The highest BCUT2D eigenvalue weighted by Crippen LogP contribution is 2.39. The van der Waals surface area contributed by atoms with Crippen molar-refractivity contribution in [2.24, 2.45) is 0 Å². The van der Waals surface area contributed by atoms with Crippen LogP contribution in [0.3, 0.4) is 0 Å². The van der Waals surface area contributed by atoms with Crippen molar-refractivity contribution in [2.45, 2.75) is 0 Å². The number of hydrogen-bond donors (Lipinski definition) is 0. The van der Waals surface area contributed by atoms with Gasteiger partial charge >= 0.3 is 0 Å². The summed E-state index contributed by atoms with van der Waals surface area (Å²) in [5.41, 5.74) is 27.5. The van der Waals surface area contributed by atoms with Crippen molar-refractivity contribution in [1.82, 2.24) is 69.8 Å². The number of pyridine rings is 6. The second-order valence-corrected chi connectivity index (χ2v) is 28.5. The van der Waals surface area contributed by atoms with Gasteiger partial charge in [-0.3, -0.25) is 19.9 Å². The summed E-state index contributed by atoms with van der Waals surface area (Å²) in [4.78, 5) is 70.7. The average molecular weight is 1540 g/mol. The van der Waals surface area contributed by atoms with Crippen LogP contribution in [0.1, 0.15) is 0 Å². The summed E-state index contributed by atoms with van der Waals surface area (Å²) in [6.45, 7) is 0. The molecule has 0 saturated carbocycles. The maximum Gasteiger partial charge on any atom is 0.162 e. The molecular formula is C106H70N14. The second-order valence-electron chi connectivity index (χ2n) is 28.5. The number of rotatable bonds is 18. The zero-order valence-electron chi connectivity index (χ0n) is 64.7. The van der Waals surface area contributed by atoms with Gasteiger partial charge in [-0.05, 0) is 119 Å². The molecule has 20 rings (SSSR count). The first-order valence-corrected chi connectivity index (χ1v) is 39.4. The molecule has 14 nitrogen and oxygen atoms in total. The fourth-order valence-electron chi connectivity index (χ4n) is 14.4. The van der Waals surface area contributed by atoms with Gasteiger partial charge < -0.3 is 0 Å². The molecule has 0 aliphatic rings. The summed E-state index contributed by atoms with van der Waals surface area (Å²) in [7, 11) is 0. The van der Waals surface area contributed by atoms with Gasteiger partial charge in [0.05, 0.1) is 91.1 Å². The van der Waals surface area contributed by atoms with E-state index < -0.39 is 0 Å². The van der Waals surface area contributed by atoms with Gasteiger partial charge in [-0.25, -0.2) is 49.8 Å². The van der Waals surface area contributed by atoms with Gasteiger partial charge in [0, 0.05) is 91.5 Å². The predicted molar refractivity (Wildman–Crippen MR) is 480 cm³/mol. The summed E-state index contributed by atoms with van der Waals surface area (Å²) < 4.78 is 0. The van der Waals surface area contributed by atoms with Crippen molar-refractivity contribution in [1.29, 1.82) is 0 Å². The predicted octanol–water partition coefficient (Wildman–Crippen LogP) is 24.9. The molecule has 0 bridgehead atoms. The van der Waals surface area contributed by atoms with E-state index in [1.165, 1.54) is 0 Å². The molecule has 20 aromatic rings. The Hall–Kier alpha value is -16.6. The molecule has 0 fully saturated rings. The Morgan fingerprint density at radius 3 is 0.700 bits per heavy atom. The Morgan fingerprint density at radius 2 is 0.392 bits per heavy atom. The van der Waals surface area contributed by atoms with Gasteiger partial charge in [-0.15, -0.1) is 0 Å². The van der Waals surface area contributed by atoms with Crippen LogP contribution in [0.15, 0.2) is 425 Å². The minimum absolute atomic E-state index is 0.557. The molecule has 10 aromatic carbocycles. The van der Waals surface area contributed by atoms with Crippen LogP contribution in [0, 0.1) is 0 Å². The Morgan fingerprint density at radius 1 is 0.125 bits per heavy atom. The molecule has 10 heterocycles. The minimum atomic E-state index is 0.557. The molecule has 0 unspecified atom stereocenters. The van der Waals surface area contributed by atoms with E-state index in [0.717, 1.165) is 135 Å². The molecule has 0 atom stereocenters. The van der Waals surface area contributed by atoms with Gasteiger partial charge in [-0.1, -0.05) is 303 Å². The smallest absolute Gasteiger partial charge is 0.162 e. The van der Waals surface area contributed by atoms with Gasteiger partial charge in [0.2, 0.25) is 0 Å². The van der Waals surface area contributed by atoms with E-state index in [1.54, 1.807) is 18.6 Å². The van der Waals surface area contributed by atoms with Gasteiger partial charge in [-0.2, -0.15) is 0 Å². The lowest BCUT2D eigenvalue weighted by Gasteiger charge is -2.14. The highest BCUT2D eigenvalue weighted by molar-refractivity contribution is 5.85. The van der Waals surface area contributed by atoms with E-state index in [9.17, 15) is 0 Å². The number of benzene rings is 10. The van der Waals surface area contributed by atoms with Crippen LogP contribution in [-0.2, 0) is 0 Å². The number of nitrogens with zero attached hydrogens (tertiary/aromatic N) is 14. The van der Waals surface area contributed by atoms with Crippen molar-refractivity contribution in [3.63, 3.8) is 0 Å². The fraction of sp³-hybridized carbons (Fsp3) is 0. The molecule has 0 aliphatic carbocycles. The normalized spacial score (nSPS) is 11.0. The molecule has 0 amide bonds. The Kier molecular flexibility index (Phi) is 21.0. The standard InChI is InChI=1S/2C53H35N7/c1-6-17-36(18-7-1)42-31-49(44-29-28-41(35-55-44)52-57-45(37-19-8-2-9-20-37)33-46(58-52)38-21-10-3-11-22-38)56-50(32-42)51-43(27-16-30-54-51)53-59-47(39-23-12-4-13-24-39)34-48(60-53)40-25-14-5-15-26-40;1-6-16-36(17-7-1)43-32-50(48-30-41(26-28-54-48)52-57-44(37-18-8-2-9-19-37)34-45(58-52)38-20-10-3-11-21-38)56-51(33-43)49-31-42(27-29-55-49)53-59-46(39-22-12-4-13-23-39)35-47(60-53)40-24-14-5-15-25-40/h2*1-35H. The summed E-state index contributed by atoms with van der Waals surface area (Å²) in [6.07, 6.45) is 7.20. The third-order valence-corrected chi connectivity index (χ3v) is 20.5. The quantitative estimate of drug-likeness (QED) is 0.0791. The van der Waals surface area contributed by atoms with Gasteiger partial charge in [0.1, 0.15) is 0 Å². The van der Waals surface area contributed by atoms with E-state index in [0.29, 0.717) is 68.8 Å². The lowest BCUT2D eigenvalue weighted by molar-refractivity contribution is 1.16. The molecule has 14 heteroatoms. The van der Waals surface area contributed by atoms with E-state index in [2.05, 4.69) is 146 Å². The minimum Gasteiger partial charge on any atom is -0.255 e. The van der Waals surface area contributed by atoms with Crippen LogP contribution >= 0.6 is 0 Å². The molecule has 564 valence electrons. The lowest BCUT2D eigenvalue weighted by Crippen LogP contribution is -2.00. The van der Waals surface area contributed by atoms with Crippen LogP contribution in [0.4, 0.5) is 0 Å². The molecule has 0 aliphatic heterocycles. The van der Waals surface area contributed by atoms with Crippen molar-refractivity contribution < 1.29 is 0 Å². The van der Waals surface area contributed by atoms with Crippen molar-refractivity contribution in [3.05, 3.63) is 425 Å². The molecular weight excluding hydrogens is 1470 g/mol. The van der Waals surface area contributed by atoms with E-state index >= 15 is 0 Å². The highest BCUT2D eigenvalue weighted by atomic mass is 14.9. The zero-order valence-corrected chi connectivity index (χ0v) is 64.7. The van der Waals surface area contributed by atoms with E-state index in [1.807, 2.05) is 261 Å². The van der Waals surface area contributed by atoms with Crippen LogP contribution in [0.25, 0.3) is 203 Å². The van der Waals surface area contributed by atoms with Gasteiger partial charge in [0.15, 0.2) is 23.3 Å². The molecule has 10 aromatic heterocycles. The van der Waals surface area contributed by atoms with Crippen LogP contribution in [-0.4, -0.2) is 69.8 Å². The third kappa shape index (κ3) is 16.6. The van der Waals surface area contributed by atoms with E-state index in [-0.39, 0.29) is 0 Å². The van der Waals surface area contributed by atoms with Crippen molar-refractivity contribution >= 4 is 0 Å². The van der Waals surface area contributed by atoms with E-state index in [4.69, 9.17) is 69.8 Å². The summed E-state index contributed by atoms with van der Waals surface area (Å²) >= 11 is 0. The number of aromatic nitrogens is 14. The van der Waals surface area contributed by atoms with Crippen molar-refractivity contribution in [2.75, 3.05) is 0 Å². The average Bonchev–Trinajstić information content (AvgIpc) is 0.778. The highest BCUT2D eigenvalue weighted by Gasteiger charge is 2.22. The van der Waals surface area contributed by atoms with Crippen LogP contribution in [0.2, 0.25) is 0 Å². The molecule has 120 heavy (non-hydrogen) atoms. The molecule has 0 radical (unpaired) electrons. The topological polar surface area (TPSA) is 180 Å². The Bertz CT molecular complexity index is 6550. The first-order valence-electron chi connectivity index (χ1n) is 39.4. The third-order valence-electron chi connectivity index (χ3n) is 20.5. The molecule has 0 spiro atoms. The Labute approximate surface area is 694 Å². The van der Waals surface area contributed by atoms with Crippen LogP contribution in [0.5, 0.6) is 0 Å². The first kappa shape index (κ1) is 73.6. The Balaban J connectivity index is 0.000000159. The second kappa shape index (κ2) is 34.2. The maximum atomic E-state index is 5.24. The maximum absolute atomic E-state index is 5.24. The van der Waals surface area contributed by atoms with Crippen molar-refractivity contribution in [3.8, 4) is 203 Å². The SMILES string of the molecule is c1ccc(-c2cc(-c3cc(-c4nc(-c5ccccc5)cc(-c5ccccc5)n4)ccn3)nc(-c3cc(-c4nc(-c5ccccc5)cc(-c5ccccc5)n4)ccn3)c2)cc1.c1ccc(-c2cc(-c3ccc(-c4nc(-c5ccccc5)cc(-c5ccccc5)n4)cn3)nc(-c3ncccc3-c3nc(-c4ccccc4)cc(-c4ccccc4)n3)c2)cc1. The summed E-state index contributed by atoms with van der Waals surface area (Å²) in [5, 5.41) is 0. The largest absolute Gasteiger partial charge is 0.255 e.